The lowest BCUT2D eigenvalue weighted by Crippen LogP contribution is -1.91. The standard InChI is InChI=1S/C11H10N2O2/c12-7-9-5-4-8(6-10(9)13)2-1-3-11(14)15/h1-2,4-6H,3,13H2,(H,14,15). The van der Waals surface area contributed by atoms with Crippen LogP contribution in [0.2, 0.25) is 0 Å². The molecule has 0 aliphatic heterocycles. The summed E-state index contributed by atoms with van der Waals surface area (Å²) in [5, 5.41) is 17.0. The van der Waals surface area contributed by atoms with E-state index >= 15 is 0 Å². The zero-order chi connectivity index (χ0) is 11.3. The van der Waals surface area contributed by atoms with Crippen LogP contribution in [0.3, 0.4) is 0 Å². The Morgan fingerprint density at radius 2 is 2.33 bits per heavy atom. The number of nitriles is 1. The molecule has 1 aromatic carbocycles. The molecular weight excluding hydrogens is 192 g/mol. The maximum atomic E-state index is 10.2. The number of carboxylic acid groups (broad SMARTS) is 1. The molecule has 76 valence electrons. The Bertz CT molecular complexity index is 444. The molecule has 0 heterocycles. The molecule has 0 amide bonds. The number of anilines is 1. The van der Waals surface area contributed by atoms with Gasteiger partial charge in [0, 0.05) is 0 Å². The highest BCUT2D eigenvalue weighted by Crippen LogP contribution is 2.14. The summed E-state index contributed by atoms with van der Waals surface area (Å²) < 4.78 is 0. The van der Waals surface area contributed by atoms with E-state index in [1.54, 1.807) is 24.3 Å². The van der Waals surface area contributed by atoms with E-state index in [1.165, 1.54) is 6.08 Å². The first-order valence-corrected chi connectivity index (χ1v) is 4.31. The summed E-state index contributed by atoms with van der Waals surface area (Å²) in [5.41, 5.74) is 7.20. The first-order valence-electron chi connectivity index (χ1n) is 4.31. The van der Waals surface area contributed by atoms with Gasteiger partial charge in [-0.3, -0.25) is 4.79 Å². The Morgan fingerprint density at radius 1 is 1.60 bits per heavy atom. The fourth-order valence-electron chi connectivity index (χ4n) is 1.08. The van der Waals surface area contributed by atoms with Gasteiger partial charge in [0.15, 0.2) is 0 Å². The van der Waals surface area contributed by atoms with E-state index in [9.17, 15) is 4.79 Å². The maximum absolute atomic E-state index is 10.2. The van der Waals surface area contributed by atoms with E-state index in [2.05, 4.69) is 0 Å². The van der Waals surface area contributed by atoms with E-state index in [1.807, 2.05) is 6.07 Å². The van der Waals surface area contributed by atoms with Crippen LogP contribution in [-0.4, -0.2) is 11.1 Å². The van der Waals surface area contributed by atoms with Crippen molar-refractivity contribution in [3.63, 3.8) is 0 Å². The van der Waals surface area contributed by atoms with Crippen molar-refractivity contribution in [1.29, 1.82) is 5.26 Å². The van der Waals surface area contributed by atoms with Crippen molar-refractivity contribution in [1.82, 2.24) is 0 Å². The highest BCUT2D eigenvalue weighted by molar-refractivity contribution is 5.71. The van der Waals surface area contributed by atoms with Crippen LogP contribution in [0.4, 0.5) is 5.69 Å². The van der Waals surface area contributed by atoms with Gasteiger partial charge in [0.05, 0.1) is 17.7 Å². The smallest absolute Gasteiger partial charge is 0.307 e. The lowest BCUT2D eigenvalue weighted by molar-refractivity contribution is -0.135. The van der Waals surface area contributed by atoms with E-state index in [4.69, 9.17) is 16.1 Å². The highest BCUT2D eigenvalue weighted by Gasteiger charge is 1.97. The molecule has 0 spiro atoms. The summed E-state index contributed by atoms with van der Waals surface area (Å²) >= 11 is 0. The van der Waals surface area contributed by atoms with Crippen LogP contribution in [0.5, 0.6) is 0 Å². The zero-order valence-corrected chi connectivity index (χ0v) is 7.97. The number of benzene rings is 1. The van der Waals surface area contributed by atoms with Gasteiger partial charge in [0.2, 0.25) is 0 Å². The van der Waals surface area contributed by atoms with E-state index in [0.29, 0.717) is 11.3 Å². The zero-order valence-electron chi connectivity index (χ0n) is 7.97. The molecule has 0 unspecified atom stereocenters. The predicted octanol–water partition coefficient (Wildman–Crippen LogP) is 1.63. The number of aliphatic carboxylic acids is 1. The Kier molecular flexibility index (Phi) is 3.47. The molecule has 0 bridgehead atoms. The SMILES string of the molecule is N#Cc1ccc(C=CCC(=O)O)cc1N. The topological polar surface area (TPSA) is 87.1 Å². The second-order valence-corrected chi connectivity index (χ2v) is 2.96. The Hall–Kier alpha value is -2.28. The third-order valence-electron chi connectivity index (χ3n) is 1.80. The number of nitrogen functional groups attached to an aromatic ring is 1. The second-order valence-electron chi connectivity index (χ2n) is 2.96. The van der Waals surface area contributed by atoms with Crippen LogP contribution >= 0.6 is 0 Å². The first kappa shape index (κ1) is 10.8. The van der Waals surface area contributed by atoms with Gasteiger partial charge >= 0.3 is 5.97 Å². The lowest BCUT2D eigenvalue weighted by Gasteiger charge is -1.98. The number of nitrogens with zero attached hydrogens (tertiary/aromatic N) is 1. The van der Waals surface area contributed by atoms with Crippen LogP contribution in [0, 0.1) is 11.3 Å². The summed E-state index contributed by atoms with van der Waals surface area (Å²) in [6.07, 6.45) is 3.16. The Labute approximate surface area is 87.3 Å². The molecule has 3 N–H and O–H groups in total. The Balaban J connectivity index is 2.81. The largest absolute Gasteiger partial charge is 0.481 e. The van der Waals surface area contributed by atoms with Crippen LogP contribution in [0.1, 0.15) is 17.5 Å². The van der Waals surface area contributed by atoms with Gasteiger partial charge in [-0.25, -0.2) is 0 Å². The summed E-state index contributed by atoms with van der Waals surface area (Å²) in [6.45, 7) is 0. The molecule has 0 atom stereocenters. The molecule has 0 saturated heterocycles. The highest BCUT2D eigenvalue weighted by atomic mass is 16.4. The molecule has 0 aliphatic rings. The predicted molar refractivity (Wildman–Crippen MR) is 56.9 cm³/mol. The molecule has 15 heavy (non-hydrogen) atoms. The maximum Gasteiger partial charge on any atom is 0.307 e. The normalized spacial score (nSPS) is 10.1. The van der Waals surface area contributed by atoms with Crippen LogP contribution in [-0.2, 0) is 4.79 Å². The molecule has 0 aliphatic carbocycles. The average molecular weight is 202 g/mol. The van der Waals surface area contributed by atoms with E-state index in [-0.39, 0.29) is 6.42 Å². The van der Waals surface area contributed by atoms with Crippen molar-refractivity contribution < 1.29 is 9.90 Å². The average Bonchev–Trinajstić information content (AvgIpc) is 2.17. The van der Waals surface area contributed by atoms with Crippen molar-refractivity contribution in [2.45, 2.75) is 6.42 Å². The molecule has 4 nitrogen and oxygen atoms in total. The van der Waals surface area contributed by atoms with Crippen molar-refractivity contribution in [2.75, 3.05) is 5.73 Å². The van der Waals surface area contributed by atoms with Crippen molar-refractivity contribution in [3.8, 4) is 6.07 Å². The Morgan fingerprint density at radius 3 is 2.87 bits per heavy atom. The quantitative estimate of drug-likeness (QED) is 0.729. The number of rotatable bonds is 3. The minimum atomic E-state index is -0.882. The van der Waals surface area contributed by atoms with Crippen LogP contribution < -0.4 is 5.73 Å². The first-order chi connectivity index (χ1) is 7.13. The van der Waals surface area contributed by atoms with Gasteiger partial charge in [-0.2, -0.15) is 5.26 Å². The molecule has 0 radical (unpaired) electrons. The number of hydrogen-bond acceptors (Lipinski definition) is 3. The third-order valence-corrected chi connectivity index (χ3v) is 1.80. The molecule has 0 saturated carbocycles. The summed E-state index contributed by atoms with van der Waals surface area (Å²) in [6, 6.07) is 6.91. The fourth-order valence-corrected chi connectivity index (χ4v) is 1.08. The third kappa shape index (κ3) is 3.16. The number of hydrogen-bond donors (Lipinski definition) is 2. The lowest BCUT2D eigenvalue weighted by atomic mass is 10.1. The van der Waals surface area contributed by atoms with Gasteiger partial charge in [-0.15, -0.1) is 0 Å². The molecular formula is C11H10N2O2. The fraction of sp³-hybridized carbons (Fsp3) is 0.0909. The second kappa shape index (κ2) is 4.82. The van der Waals surface area contributed by atoms with Gasteiger partial charge in [-0.05, 0) is 17.7 Å². The van der Waals surface area contributed by atoms with Gasteiger partial charge in [0.1, 0.15) is 6.07 Å². The molecule has 4 heteroatoms. The number of carboxylic acids is 1. The molecule has 1 rings (SSSR count). The molecule has 1 aromatic rings. The van der Waals surface area contributed by atoms with Crippen molar-refractivity contribution in [3.05, 3.63) is 35.4 Å². The van der Waals surface area contributed by atoms with Gasteiger partial charge < -0.3 is 10.8 Å². The monoisotopic (exact) mass is 202 g/mol. The van der Waals surface area contributed by atoms with E-state index in [0.717, 1.165) is 5.56 Å². The van der Waals surface area contributed by atoms with Gasteiger partial charge in [0.25, 0.3) is 0 Å². The molecule has 0 fully saturated rings. The minimum absolute atomic E-state index is 0.0279. The van der Waals surface area contributed by atoms with Gasteiger partial charge in [-0.1, -0.05) is 18.2 Å². The minimum Gasteiger partial charge on any atom is -0.481 e. The summed E-state index contributed by atoms with van der Waals surface area (Å²) in [4.78, 5) is 10.2. The summed E-state index contributed by atoms with van der Waals surface area (Å²) in [5.74, 6) is -0.882. The number of carbonyl (C=O) groups is 1. The van der Waals surface area contributed by atoms with E-state index < -0.39 is 5.97 Å². The van der Waals surface area contributed by atoms with Crippen LogP contribution in [0.25, 0.3) is 6.08 Å². The van der Waals surface area contributed by atoms with Crippen LogP contribution in [0.15, 0.2) is 24.3 Å². The number of nitrogens with two attached hydrogens (primary N) is 1. The van der Waals surface area contributed by atoms with Crippen molar-refractivity contribution >= 4 is 17.7 Å². The molecule has 0 aromatic heterocycles. The summed E-state index contributed by atoms with van der Waals surface area (Å²) in [7, 11) is 0. The van der Waals surface area contributed by atoms with Crippen molar-refractivity contribution in [2.24, 2.45) is 0 Å².